The summed E-state index contributed by atoms with van der Waals surface area (Å²) in [6.07, 6.45) is 3.80. The van der Waals surface area contributed by atoms with Gasteiger partial charge in [-0.1, -0.05) is 0 Å². The summed E-state index contributed by atoms with van der Waals surface area (Å²) in [5.74, 6) is 0.803. The van der Waals surface area contributed by atoms with Gasteiger partial charge in [0.05, 0.1) is 6.10 Å². The number of hydrogen-bond donors (Lipinski definition) is 3. The molecule has 1 aromatic heterocycles. The Kier molecular flexibility index (Phi) is 5.80. The van der Waals surface area contributed by atoms with Crippen molar-refractivity contribution in [1.82, 2.24) is 15.5 Å². The lowest BCUT2D eigenvalue weighted by Gasteiger charge is -2.32. The molecule has 2 amide bonds. The molecule has 26 heavy (non-hydrogen) atoms. The number of methoxy groups -OCH3 is 1. The first-order valence-corrected chi connectivity index (χ1v) is 9.30. The van der Waals surface area contributed by atoms with E-state index in [2.05, 4.69) is 20.8 Å². The molecule has 1 heterocycles. The molecule has 2 aliphatic carbocycles. The number of amides is 2. The molecule has 0 unspecified atom stereocenters. The van der Waals surface area contributed by atoms with Gasteiger partial charge in [0.1, 0.15) is 6.10 Å². The van der Waals surface area contributed by atoms with Crippen LogP contribution in [-0.2, 0) is 14.3 Å². The molecule has 8 nitrogen and oxygen atoms in total. The second-order valence-corrected chi connectivity index (χ2v) is 7.56. The van der Waals surface area contributed by atoms with Crippen molar-refractivity contribution in [3.8, 4) is 0 Å². The van der Waals surface area contributed by atoms with Gasteiger partial charge in [0, 0.05) is 36.7 Å². The molecule has 2 saturated carbocycles. The van der Waals surface area contributed by atoms with E-state index in [0.717, 1.165) is 37.8 Å². The van der Waals surface area contributed by atoms with E-state index in [4.69, 9.17) is 9.47 Å². The standard InChI is InChI=1S/C18H28N4O4/c1-10(2)19-18(24)26-13-5-4-11(6-13)15-9-16(22-21-15)20-17(23)12-7-14(8-12)25-3/h9-14H,4-8H2,1-3H3,(H,19,24)(H2,20,21,22,23)/t11-,12?,13+,14?/m0/s1. The minimum Gasteiger partial charge on any atom is -0.446 e. The predicted octanol–water partition coefficient (Wildman–Crippen LogP) is 2.54. The molecule has 3 rings (SSSR count). The van der Waals surface area contributed by atoms with E-state index in [0.29, 0.717) is 5.82 Å². The molecular formula is C18H28N4O4. The number of hydrogen-bond acceptors (Lipinski definition) is 5. The first-order chi connectivity index (χ1) is 12.4. The number of carbonyl (C=O) groups excluding carboxylic acids is 2. The van der Waals surface area contributed by atoms with Crippen LogP contribution >= 0.6 is 0 Å². The zero-order chi connectivity index (χ0) is 18.7. The Bertz CT molecular complexity index is 639. The maximum atomic E-state index is 12.2. The number of ether oxygens (including phenoxy) is 2. The second-order valence-electron chi connectivity index (χ2n) is 7.56. The van der Waals surface area contributed by atoms with E-state index in [-0.39, 0.29) is 42.1 Å². The number of anilines is 1. The molecular weight excluding hydrogens is 336 g/mol. The number of nitrogens with zero attached hydrogens (tertiary/aromatic N) is 1. The maximum Gasteiger partial charge on any atom is 0.407 e. The Balaban J connectivity index is 1.46. The largest absolute Gasteiger partial charge is 0.446 e. The van der Waals surface area contributed by atoms with Crippen molar-refractivity contribution >= 4 is 17.8 Å². The zero-order valence-electron chi connectivity index (χ0n) is 15.6. The SMILES string of the molecule is COC1CC(C(=O)Nc2cc([C@H]3CC[C@@H](OC(=O)NC(C)C)C3)[nH]n2)C1. The highest BCUT2D eigenvalue weighted by molar-refractivity contribution is 5.92. The first-order valence-electron chi connectivity index (χ1n) is 9.30. The van der Waals surface area contributed by atoms with Crippen molar-refractivity contribution < 1.29 is 19.1 Å². The summed E-state index contributed by atoms with van der Waals surface area (Å²) in [6, 6.07) is 1.94. The molecule has 0 radical (unpaired) electrons. The molecule has 3 N–H and O–H groups in total. The summed E-state index contributed by atoms with van der Waals surface area (Å²) in [6.45, 7) is 3.80. The van der Waals surface area contributed by atoms with Crippen LogP contribution in [0.15, 0.2) is 6.07 Å². The number of rotatable bonds is 6. The third-order valence-electron chi connectivity index (χ3n) is 5.15. The lowest BCUT2D eigenvalue weighted by Crippen LogP contribution is -2.38. The zero-order valence-corrected chi connectivity index (χ0v) is 15.6. The van der Waals surface area contributed by atoms with Crippen LogP contribution in [0.2, 0.25) is 0 Å². The van der Waals surface area contributed by atoms with Gasteiger partial charge >= 0.3 is 6.09 Å². The number of aromatic amines is 1. The molecule has 2 atom stereocenters. The lowest BCUT2D eigenvalue weighted by atomic mass is 9.81. The van der Waals surface area contributed by atoms with E-state index < -0.39 is 0 Å². The fourth-order valence-electron chi connectivity index (χ4n) is 3.56. The van der Waals surface area contributed by atoms with Crippen LogP contribution in [0.4, 0.5) is 10.6 Å². The predicted molar refractivity (Wildman–Crippen MR) is 95.9 cm³/mol. The van der Waals surface area contributed by atoms with E-state index in [1.165, 1.54) is 0 Å². The topological polar surface area (TPSA) is 105 Å². The highest BCUT2D eigenvalue weighted by Gasteiger charge is 2.35. The summed E-state index contributed by atoms with van der Waals surface area (Å²) < 4.78 is 10.7. The van der Waals surface area contributed by atoms with Crippen molar-refractivity contribution in [2.75, 3.05) is 12.4 Å². The molecule has 2 fully saturated rings. The third-order valence-corrected chi connectivity index (χ3v) is 5.15. The average Bonchev–Trinajstić information content (AvgIpc) is 3.14. The molecule has 2 aliphatic rings. The Morgan fingerprint density at radius 1 is 1.23 bits per heavy atom. The Labute approximate surface area is 153 Å². The van der Waals surface area contributed by atoms with Gasteiger partial charge in [-0.25, -0.2) is 4.79 Å². The number of H-pyrrole nitrogens is 1. The Morgan fingerprint density at radius 2 is 2.00 bits per heavy atom. The number of nitrogens with one attached hydrogen (secondary N) is 3. The molecule has 8 heteroatoms. The molecule has 0 aromatic carbocycles. The monoisotopic (exact) mass is 364 g/mol. The van der Waals surface area contributed by atoms with Crippen LogP contribution in [0.5, 0.6) is 0 Å². The normalized spacial score (nSPS) is 27.8. The van der Waals surface area contributed by atoms with Crippen molar-refractivity contribution in [1.29, 1.82) is 0 Å². The quantitative estimate of drug-likeness (QED) is 0.719. The van der Waals surface area contributed by atoms with Crippen LogP contribution in [0, 0.1) is 5.92 Å². The molecule has 0 aliphatic heterocycles. The highest BCUT2D eigenvalue weighted by Crippen LogP contribution is 2.36. The highest BCUT2D eigenvalue weighted by atomic mass is 16.6. The van der Waals surface area contributed by atoms with Gasteiger partial charge in [0.15, 0.2) is 5.82 Å². The van der Waals surface area contributed by atoms with Crippen LogP contribution in [0.3, 0.4) is 0 Å². The van der Waals surface area contributed by atoms with Crippen molar-refractivity contribution in [2.24, 2.45) is 5.92 Å². The lowest BCUT2D eigenvalue weighted by molar-refractivity contribution is -0.127. The summed E-state index contributed by atoms with van der Waals surface area (Å²) in [5, 5.41) is 12.8. The van der Waals surface area contributed by atoms with Gasteiger partial charge in [-0.2, -0.15) is 5.10 Å². The van der Waals surface area contributed by atoms with Crippen LogP contribution in [0.1, 0.15) is 57.6 Å². The van der Waals surface area contributed by atoms with Crippen LogP contribution in [-0.4, -0.2) is 47.6 Å². The minimum atomic E-state index is -0.363. The van der Waals surface area contributed by atoms with Crippen LogP contribution in [0.25, 0.3) is 0 Å². The van der Waals surface area contributed by atoms with Crippen molar-refractivity contribution in [3.05, 3.63) is 11.8 Å². The number of carbonyl (C=O) groups is 2. The van der Waals surface area contributed by atoms with E-state index in [1.807, 2.05) is 19.9 Å². The van der Waals surface area contributed by atoms with Crippen LogP contribution < -0.4 is 10.6 Å². The molecule has 0 bridgehead atoms. The van der Waals surface area contributed by atoms with E-state index >= 15 is 0 Å². The van der Waals surface area contributed by atoms with Gasteiger partial charge in [0.2, 0.25) is 5.91 Å². The second kappa shape index (κ2) is 8.07. The smallest absolute Gasteiger partial charge is 0.407 e. The van der Waals surface area contributed by atoms with Gasteiger partial charge in [-0.05, 0) is 46.0 Å². The van der Waals surface area contributed by atoms with E-state index in [1.54, 1.807) is 7.11 Å². The maximum absolute atomic E-state index is 12.2. The van der Waals surface area contributed by atoms with Gasteiger partial charge in [-0.3, -0.25) is 9.89 Å². The molecule has 1 aromatic rings. The fraction of sp³-hybridized carbons (Fsp3) is 0.722. The van der Waals surface area contributed by atoms with Crippen molar-refractivity contribution in [3.63, 3.8) is 0 Å². The summed E-state index contributed by atoms with van der Waals surface area (Å²) in [4.78, 5) is 23.9. The van der Waals surface area contributed by atoms with Gasteiger partial charge in [-0.15, -0.1) is 0 Å². The average molecular weight is 364 g/mol. The Morgan fingerprint density at radius 3 is 2.69 bits per heavy atom. The number of alkyl carbamates (subject to hydrolysis) is 1. The number of aromatic nitrogens is 2. The first kappa shape index (κ1) is 18.7. The van der Waals surface area contributed by atoms with Gasteiger partial charge in [0.25, 0.3) is 0 Å². The molecule has 0 spiro atoms. The summed E-state index contributed by atoms with van der Waals surface area (Å²) >= 11 is 0. The fourth-order valence-corrected chi connectivity index (χ4v) is 3.56. The summed E-state index contributed by atoms with van der Waals surface area (Å²) in [7, 11) is 1.67. The van der Waals surface area contributed by atoms with Crippen molar-refractivity contribution in [2.45, 2.75) is 70.1 Å². The van der Waals surface area contributed by atoms with Gasteiger partial charge < -0.3 is 20.1 Å². The summed E-state index contributed by atoms with van der Waals surface area (Å²) in [5.41, 5.74) is 0.971. The van der Waals surface area contributed by atoms with E-state index in [9.17, 15) is 9.59 Å². The Hall–Kier alpha value is -2.09. The molecule has 144 valence electrons. The minimum absolute atomic E-state index is 0.00355. The third kappa shape index (κ3) is 4.55. The molecule has 0 saturated heterocycles.